The molecule has 256 valence electrons. The van der Waals surface area contributed by atoms with E-state index in [-0.39, 0.29) is 50.1 Å². The third-order valence-electron chi connectivity index (χ3n) is 7.33. The van der Waals surface area contributed by atoms with E-state index in [1.165, 1.54) is 17.4 Å². The van der Waals surface area contributed by atoms with Crippen molar-refractivity contribution >= 4 is 35.1 Å². The molecule has 1 aliphatic heterocycles. The molecular formula is C37H56N2O7. The fourth-order valence-corrected chi connectivity index (χ4v) is 5.18. The maximum absolute atomic E-state index is 13.7. The van der Waals surface area contributed by atoms with Crippen LogP contribution in [0.15, 0.2) is 43.0 Å². The molecule has 1 aliphatic rings. The molecule has 0 bridgehead atoms. The number of ketones is 4. The summed E-state index contributed by atoms with van der Waals surface area (Å²) in [5.74, 6) is -2.85. The summed E-state index contributed by atoms with van der Waals surface area (Å²) >= 11 is 0. The number of nitrogens with zero attached hydrogens (tertiary/aromatic N) is 1. The normalized spacial score (nSPS) is 15.9. The van der Waals surface area contributed by atoms with Crippen LogP contribution < -0.4 is 5.32 Å². The van der Waals surface area contributed by atoms with E-state index in [4.69, 9.17) is 4.74 Å². The van der Waals surface area contributed by atoms with Gasteiger partial charge >= 0.3 is 6.09 Å². The summed E-state index contributed by atoms with van der Waals surface area (Å²) in [6.07, 6.45) is 3.66. The zero-order valence-corrected chi connectivity index (χ0v) is 29.3. The molecule has 1 fully saturated rings. The molecule has 2 amide bonds. The number of ether oxygens (including phenoxy) is 1. The third kappa shape index (κ3) is 14.2. The molecule has 1 heterocycles. The van der Waals surface area contributed by atoms with Gasteiger partial charge in [-0.15, -0.1) is 6.58 Å². The Morgan fingerprint density at radius 1 is 1.00 bits per heavy atom. The zero-order valence-electron chi connectivity index (χ0n) is 29.3. The second-order valence-corrected chi connectivity index (χ2v) is 14.1. The van der Waals surface area contributed by atoms with Crippen molar-refractivity contribution in [3.63, 3.8) is 0 Å². The molecule has 1 N–H and O–H groups in total. The number of allylic oxidation sites excluding steroid dienone is 1. The van der Waals surface area contributed by atoms with Gasteiger partial charge in [-0.05, 0) is 57.4 Å². The number of benzene rings is 1. The number of hydrogen-bond acceptors (Lipinski definition) is 7. The van der Waals surface area contributed by atoms with Crippen LogP contribution in [0.3, 0.4) is 0 Å². The first-order valence-electron chi connectivity index (χ1n) is 16.5. The Kier molecular flexibility index (Phi) is 16.8. The molecule has 2 rings (SSSR count). The highest BCUT2D eigenvalue weighted by atomic mass is 16.6. The van der Waals surface area contributed by atoms with Gasteiger partial charge in [0.1, 0.15) is 17.4 Å². The summed E-state index contributed by atoms with van der Waals surface area (Å²) in [6.45, 7) is 18.9. The van der Waals surface area contributed by atoms with E-state index in [9.17, 15) is 28.8 Å². The van der Waals surface area contributed by atoms with E-state index in [1.807, 2.05) is 51.1 Å². The van der Waals surface area contributed by atoms with Gasteiger partial charge in [0.2, 0.25) is 11.7 Å². The van der Waals surface area contributed by atoms with Gasteiger partial charge in [0.25, 0.3) is 0 Å². The molecule has 0 radical (unpaired) electrons. The third-order valence-corrected chi connectivity index (χ3v) is 7.33. The minimum absolute atomic E-state index is 0.00928. The predicted octanol–water partition coefficient (Wildman–Crippen LogP) is 6.60. The number of nitrogens with one attached hydrogen (secondary N) is 1. The van der Waals surface area contributed by atoms with Crippen LogP contribution in [-0.4, -0.2) is 64.3 Å². The molecule has 1 saturated heterocycles. The average Bonchev–Trinajstić information content (AvgIpc) is 3.45. The van der Waals surface area contributed by atoms with Gasteiger partial charge in [0, 0.05) is 38.1 Å². The van der Waals surface area contributed by atoms with Crippen LogP contribution in [0.5, 0.6) is 0 Å². The first-order chi connectivity index (χ1) is 21.4. The average molecular weight is 641 g/mol. The van der Waals surface area contributed by atoms with Crippen LogP contribution >= 0.6 is 0 Å². The largest absolute Gasteiger partial charge is 0.444 e. The minimum Gasteiger partial charge on any atom is -0.444 e. The Balaban J connectivity index is 0.00000338. The highest BCUT2D eigenvalue weighted by Crippen LogP contribution is 2.28. The van der Waals surface area contributed by atoms with Crippen LogP contribution in [0.25, 0.3) is 0 Å². The van der Waals surface area contributed by atoms with E-state index < -0.39 is 52.6 Å². The van der Waals surface area contributed by atoms with Gasteiger partial charge in [-0.25, -0.2) is 4.79 Å². The second-order valence-electron chi connectivity index (χ2n) is 14.1. The van der Waals surface area contributed by atoms with Crippen molar-refractivity contribution in [2.45, 2.75) is 131 Å². The smallest absolute Gasteiger partial charge is 0.408 e. The highest BCUT2D eigenvalue weighted by Gasteiger charge is 2.43. The summed E-state index contributed by atoms with van der Waals surface area (Å²) in [7, 11) is 0. The molecule has 1 aromatic carbocycles. The highest BCUT2D eigenvalue weighted by molar-refractivity contribution is 6.38. The molecule has 0 spiro atoms. The fourth-order valence-electron chi connectivity index (χ4n) is 5.18. The quantitative estimate of drug-likeness (QED) is 0.169. The van der Waals surface area contributed by atoms with Crippen molar-refractivity contribution in [3.8, 4) is 0 Å². The molecular weight excluding hydrogens is 584 g/mol. The lowest BCUT2D eigenvalue weighted by Crippen LogP contribution is -2.57. The number of hydrogen-bond donors (Lipinski definition) is 1. The Bertz CT molecular complexity index is 1190. The van der Waals surface area contributed by atoms with Crippen molar-refractivity contribution in [2.75, 3.05) is 6.54 Å². The second kappa shape index (κ2) is 19.1. The zero-order chi connectivity index (χ0) is 35.1. The van der Waals surface area contributed by atoms with Crippen LogP contribution in [0.2, 0.25) is 0 Å². The topological polar surface area (TPSA) is 127 Å². The molecule has 0 aliphatic carbocycles. The summed E-state index contributed by atoms with van der Waals surface area (Å²) in [5.41, 5.74) is -0.516. The van der Waals surface area contributed by atoms with E-state index in [2.05, 4.69) is 25.7 Å². The van der Waals surface area contributed by atoms with Gasteiger partial charge in [-0.2, -0.15) is 0 Å². The number of likely N-dealkylation sites (tertiary alicyclic amines) is 1. The summed E-state index contributed by atoms with van der Waals surface area (Å²) in [6, 6.07) is 7.62. The van der Waals surface area contributed by atoms with Gasteiger partial charge in [-0.3, -0.25) is 24.0 Å². The maximum atomic E-state index is 13.7. The van der Waals surface area contributed by atoms with Gasteiger partial charge in [0.15, 0.2) is 11.6 Å². The van der Waals surface area contributed by atoms with Gasteiger partial charge in [-0.1, -0.05) is 77.4 Å². The molecule has 3 atom stereocenters. The number of amides is 2. The van der Waals surface area contributed by atoms with Crippen molar-refractivity contribution < 1.29 is 33.5 Å². The summed E-state index contributed by atoms with van der Waals surface area (Å²) in [4.78, 5) is 79.3. The van der Waals surface area contributed by atoms with Crippen LogP contribution in [0.4, 0.5) is 4.79 Å². The van der Waals surface area contributed by atoms with Crippen LogP contribution in [0.1, 0.15) is 112 Å². The summed E-state index contributed by atoms with van der Waals surface area (Å²) < 4.78 is 5.36. The van der Waals surface area contributed by atoms with Gasteiger partial charge < -0.3 is 15.0 Å². The number of rotatable bonds is 15. The minimum atomic E-state index is -0.937. The van der Waals surface area contributed by atoms with Crippen molar-refractivity contribution in [3.05, 3.63) is 48.6 Å². The van der Waals surface area contributed by atoms with Crippen molar-refractivity contribution in [1.82, 2.24) is 10.2 Å². The molecule has 1 aromatic rings. The molecule has 46 heavy (non-hydrogen) atoms. The molecule has 9 nitrogen and oxygen atoms in total. The number of carbonyl (C=O) groups excluding carboxylic acids is 6. The van der Waals surface area contributed by atoms with E-state index in [0.29, 0.717) is 19.4 Å². The van der Waals surface area contributed by atoms with E-state index in [1.54, 1.807) is 20.8 Å². The Labute approximate surface area is 275 Å². The fraction of sp³-hybridized carbons (Fsp3) is 0.622. The molecule has 0 saturated carbocycles. The van der Waals surface area contributed by atoms with Gasteiger partial charge in [0.05, 0.1) is 6.04 Å². The lowest BCUT2D eigenvalue weighted by atomic mass is 9.85. The first-order valence-corrected chi connectivity index (χ1v) is 16.5. The monoisotopic (exact) mass is 640 g/mol. The maximum Gasteiger partial charge on any atom is 0.408 e. The SMILES string of the molecule is C=CCC(CC(=O)[C@@H]1CCCN1C(=O)[C@@H](NC(=O)OC(C)(C)C)C(C)(C)C)C(=O)C(=O)CCCC(=O)Cc1ccccc1.CCC. The Morgan fingerprint density at radius 2 is 1.61 bits per heavy atom. The number of carbonyl (C=O) groups is 6. The van der Waals surface area contributed by atoms with E-state index >= 15 is 0 Å². The number of alkyl carbamates (subject to hydrolysis) is 1. The Hall–Kier alpha value is -3.62. The standard InChI is InChI=1S/C34H48N2O7.C3H8/c1-8-14-24(29(40)27(38)19-12-17-25(37)21-23-15-10-9-11-16-23)22-28(39)26-18-13-20-36(26)31(41)30(33(2,3)4)35-32(42)43-34(5,6)7;1-3-2/h8-11,15-16,24,26,30H,1,12-14,17-22H2,2-7H3,(H,35,42);3H2,1-2H3/t24?,26-,30+;/m0./s1. The van der Waals surface area contributed by atoms with Crippen LogP contribution in [-0.2, 0) is 35.1 Å². The van der Waals surface area contributed by atoms with Crippen molar-refractivity contribution in [1.29, 1.82) is 0 Å². The lowest BCUT2D eigenvalue weighted by molar-refractivity contribution is -0.143. The predicted molar refractivity (Wildman–Crippen MR) is 180 cm³/mol. The van der Waals surface area contributed by atoms with E-state index in [0.717, 1.165) is 5.56 Å². The molecule has 0 aromatic heterocycles. The Morgan fingerprint density at radius 3 is 2.15 bits per heavy atom. The van der Waals surface area contributed by atoms with Crippen molar-refractivity contribution in [2.24, 2.45) is 11.3 Å². The molecule has 9 heteroatoms. The van der Waals surface area contributed by atoms with Crippen LogP contribution in [0, 0.1) is 11.3 Å². The molecule has 1 unspecified atom stereocenters. The summed E-state index contributed by atoms with van der Waals surface area (Å²) in [5, 5.41) is 2.69. The lowest BCUT2D eigenvalue weighted by Gasteiger charge is -2.36. The first kappa shape index (κ1) is 40.4. The number of Topliss-reactive ketones (excluding diaryl/α,β-unsaturated/α-hetero) is 4.